The van der Waals surface area contributed by atoms with Crippen molar-refractivity contribution in [3.63, 3.8) is 0 Å². The molecule has 1 heterocycles. The number of hydrogen-bond acceptors (Lipinski definition) is 4. The zero-order chi connectivity index (χ0) is 13.7. The SMILES string of the molecule is COC(=O)c1ccccc1C(=O)Nc1ccccn1. The van der Waals surface area contributed by atoms with Crippen LogP contribution < -0.4 is 5.32 Å². The third-order valence-electron chi connectivity index (χ3n) is 2.48. The van der Waals surface area contributed by atoms with Crippen molar-refractivity contribution in [3.8, 4) is 0 Å². The number of methoxy groups -OCH3 is 1. The summed E-state index contributed by atoms with van der Waals surface area (Å²) in [6.07, 6.45) is 1.57. The molecule has 0 unspecified atom stereocenters. The highest BCUT2D eigenvalue weighted by atomic mass is 16.5. The molecule has 1 aromatic heterocycles. The standard InChI is InChI=1S/C14H12N2O3/c1-19-14(18)11-7-3-2-6-10(11)13(17)16-12-8-4-5-9-15-12/h2-9H,1H3,(H,15,16,17). The molecular formula is C14H12N2O3. The molecule has 1 aromatic carbocycles. The third kappa shape index (κ3) is 2.95. The summed E-state index contributed by atoms with van der Waals surface area (Å²) in [7, 11) is 1.27. The number of carbonyl (C=O) groups is 2. The summed E-state index contributed by atoms with van der Waals surface area (Å²) in [5.74, 6) is -0.529. The number of ether oxygens (including phenoxy) is 1. The zero-order valence-electron chi connectivity index (χ0n) is 10.3. The molecule has 0 radical (unpaired) electrons. The van der Waals surface area contributed by atoms with Gasteiger partial charge in [-0.05, 0) is 24.3 Å². The van der Waals surface area contributed by atoms with Crippen LogP contribution in [0.1, 0.15) is 20.7 Å². The summed E-state index contributed by atoms with van der Waals surface area (Å²) in [5, 5.41) is 2.62. The maximum Gasteiger partial charge on any atom is 0.338 e. The number of pyridine rings is 1. The predicted octanol–water partition coefficient (Wildman–Crippen LogP) is 2.12. The molecule has 1 amide bonds. The van der Waals surface area contributed by atoms with Gasteiger partial charge in [0.25, 0.3) is 5.91 Å². The van der Waals surface area contributed by atoms with Crippen molar-refractivity contribution < 1.29 is 14.3 Å². The van der Waals surface area contributed by atoms with Crippen LogP contribution in [0.5, 0.6) is 0 Å². The molecular weight excluding hydrogens is 244 g/mol. The number of nitrogens with zero attached hydrogens (tertiary/aromatic N) is 1. The molecule has 0 saturated carbocycles. The number of amides is 1. The van der Waals surface area contributed by atoms with Gasteiger partial charge in [-0.1, -0.05) is 18.2 Å². The molecule has 5 heteroatoms. The van der Waals surface area contributed by atoms with Gasteiger partial charge in [0.05, 0.1) is 18.2 Å². The van der Waals surface area contributed by atoms with Gasteiger partial charge in [-0.15, -0.1) is 0 Å². The van der Waals surface area contributed by atoms with Crippen LogP contribution in [0.15, 0.2) is 48.7 Å². The Morgan fingerprint density at radius 3 is 2.37 bits per heavy atom. The fraction of sp³-hybridized carbons (Fsp3) is 0.0714. The molecule has 2 rings (SSSR count). The monoisotopic (exact) mass is 256 g/mol. The zero-order valence-corrected chi connectivity index (χ0v) is 10.3. The van der Waals surface area contributed by atoms with E-state index in [1.165, 1.54) is 7.11 Å². The molecule has 0 spiro atoms. The summed E-state index contributed by atoms with van der Waals surface area (Å²) in [5.41, 5.74) is 0.471. The first-order valence-electron chi connectivity index (χ1n) is 5.62. The van der Waals surface area contributed by atoms with E-state index >= 15 is 0 Å². The Morgan fingerprint density at radius 2 is 1.74 bits per heavy atom. The second-order valence-corrected chi connectivity index (χ2v) is 3.71. The number of nitrogens with one attached hydrogen (secondary N) is 1. The molecule has 0 saturated heterocycles. The van der Waals surface area contributed by atoms with Gasteiger partial charge in [-0.2, -0.15) is 0 Å². The van der Waals surface area contributed by atoms with Crippen molar-refractivity contribution in [1.82, 2.24) is 4.98 Å². The Morgan fingerprint density at radius 1 is 1.05 bits per heavy atom. The number of benzene rings is 1. The molecule has 2 aromatic rings. The van der Waals surface area contributed by atoms with Crippen molar-refractivity contribution in [2.24, 2.45) is 0 Å². The van der Waals surface area contributed by atoms with Gasteiger partial charge in [-0.25, -0.2) is 9.78 Å². The van der Waals surface area contributed by atoms with Crippen molar-refractivity contribution in [1.29, 1.82) is 0 Å². The Balaban J connectivity index is 2.27. The number of rotatable bonds is 3. The molecule has 5 nitrogen and oxygen atoms in total. The molecule has 0 aliphatic heterocycles. The van der Waals surface area contributed by atoms with Crippen molar-refractivity contribution >= 4 is 17.7 Å². The van der Waals surface area contributed by atoms with E-state index in [0.29, 0.717) is 5.82 Å². The largest absolute Gasteiger partial charge is 0.465 e. The lowest BCUT2D eigenvalue weighted by atomic mass is 10.1. The highest BCUT2D eigenvalue weighted by Gasteiger charge is 2.17. The summed E-state index contributed by atoms with van der Waals surface area (Å²) in [6, 6.07) is 11.6. The lowest BCUT2D eigenvalue weighted by molar-refractivity contribution is 0.0597. The molecule has 0 atom stereocenters. The molecule has 0 fully saturated rings. The van der Waals surface area contributed by atoms with Crippen molar-refractivity contribution in [2.75, 3.05) is 12.4 Å². The molecule has 0 aliphatic carbocycles. The Bertz CT molecular complexity index is 597. The van der Waals surface area contributed by atoms with Crippen molar-refractivity contribution in [2.45, 2.75) is 0 Å². The number of anilines is 1. The average molecular weight is 256 g/mol. The molecule has 19 heavy (non-hydrogen) atoms. The van der Waals surface area contributed by atoms with E-state index in [1.807, 2.05) is 0 Å². The molecule has 1 N–H and O–H groups in total. The van der Waals surface area contributed by atoms with Crippen LogP contribution in [0.2, 0.25) is 0 Å². The Labute approximate surface area is 110 Å². The number of aromatic nitrogens is 1. The minimum absolute atomic E-state index is 0.221. The van der Waals surface area contributed by atoms with Gasteiger partial charge in [-0.3, -0.25) is 4.79 Å². The van der Waals surface area contributed by atoms with Gasteiger partial charge in [0.2, 0.25) is 0 Å². The van der Waals surface area contributed by atoms with Crippen LogP contribution >= 0.6 is 0 Å². The van der Waals surface area contributed by atoms with E-state index in [9.17, 15) is 9.59 Å². The highest BCUT2D eigenvalue weighted by molar-refractivity contribution is 6.10. The van der Waals surface area contributed by atoms with Crippen LogP contribution in [-0.2, 0) is 4.74 Å². The van der Waals surface area contributed by atoms with Crippen LogP contribution in [0.4, 0.5) is 5.82 Å². The highest BCUT2D eigenvalue weighted by Crippen LogP contribution is 2.12. The average Bonchev–Trinajstić information content (AvgIpc) is 2.47. The van der Waals surface area contributed by atoms with Crippen molar-refractivity contribution in [3.05, 3.63) is 59.8 Å². The van der Waals surface area contributed by atoms with Gasteiger partial charge < -0.3 is 10.1 Å². The second-order valence-electron chi connectivity index (χ2n) is 3.71. The first kappa shape index (κ1) is 12.8. The number of carbonyl (C=O) groups excluding carboxylic acids is 2. The fourth-order valence-electron chi connectivity index (χ4n) is 1.59. The second kappa shape index (κ2) is 5.77. The topological polar surface area (TPSA) is 68.3 Å². The summed E-state index contributed by atoms with van der Waals surface area (Å²) < 4.78 is 4.64. The Kier molecular flexibility index (Phi) is 3.87. The lowest BCUT2D eigenvalue weighted by Gasteiger charge is -2.08. The van der Waals surface area contributed by atoms with Gasteiger partial charge >= 0.3 is 5.97 Å². The predicted molar refractivity (Wildman–Crippen MR) is 70.0 cm³/mol. The van der Waals surface area contributed by atoms with E-state index < -0.39 is 11.9 Å². The molecule has 96 valence electrons. The van der Waals surface area contributed by atoms with E-state index in [2.05, 4.69) is 15.0 Å². The van der Waals surface area contributed by atoms with Crippen LogP contribution in [0.3, 0.4) is 0 Å². The first-order chi connectivity index (χ1) is 9.22. The quantitative estimate of drug-likeness (QED) is 0.854. The number of esters is 1. The van der Waals surface area contributed by atoms with E-state index in [0.717, 1.165) is 0 Å². The normalized spacial score (nSPS) is 9.74. The van der Waals surface area contributed by atoms with Gasteiger partial charge in [0.1, 0.15) is 5.82 Å². The maximum absolute atomic E-state index is 12.1. The van der Waals surface area contributed by atoms with Crippen LogP contribution in [0, 0.1) is 0 Å². The molecule has 0 bridgehead atoms. The van der Waals surface area contributed by atoms with Gasteiger partial charge in [0, 0.05) is 6.20 Å². The minimum atomic E-state index is -0.549. The summed E-state index contributed by atoms with van der Waals surface area (Å²) in [6.45, 7) is 0. The van der Waals surface area contributed by atoms with E-state index in [-0.39, 0.29) is 11.1 Å². The number of hydrogen-bond donors (Lipinski definition) is 1. The fourth-order valence-corrected chi connectivity index (χ4v) is 1.59. The maximum atomic E-state index is 12.1. The lowest BCUT2D eigenvalue weighted by Crippen LogP contribution is -2.17. The minimum Gasteiger partial charge on any atom is -0.465 e. The summed E-state index contributed by atoms with van der Waals surface area (Å²) >= 11 is 0. The Hall–Kier alpha value is -2.69. The smallest absolute Gasteiger partial charge is 0.338 e. The van der Waals surface area contributed by atoms with Crippen LogP contribution in [-0.4, -0.2) is 24.0 Å². The van der Waals surface area contributed by atoms with E-state index in [1.54, 1.807) is 48.7 Å². The summed E-state index contributed by atoms with van der Waals surface area (Å²) in [4.78, 5) is 27.7. The van der Waals surface area contributed by atoms with E-state index in [4.69, 9.17) is 0 Å². The first-order valence-corrected chi connectivity index (χ1v) is 5.62. The van der Waals surface area contributed by atoms with Gasteiger partial charge in [0.15, 0.2) is 0 Å². The van der Waals surface area contributed by atoms with Crippen LogP contribution in [0.25, 0.3) is 0 Å². The molecule has 0 aliphatic rings. The third-order valence-corrected chi connectivity index (χ3v) is 2.48.